The smallest absolute Gasteiger partial charge is 0.258 e. The lowest BCUT2D eigenvalue weighted by molar-refractivity contribution is -0.395. The van der Waals surface area contributed by atoms with E-state index in [-0.39, 0.29) is 16.9 Å². The van der Waals surface area contributed by atoms with Gasteiger partial charge < -0.3 is 0 Å². The zero-order chi connectivity index (χ0) is 11.7. The van der Waals surface area contributed by atoms with Crippen LogP contribution in [0, 0.1) is 41.0 Å². The number of rotatable bonds is 2. The summed E-state index contributed by atoms with van der Waals surface area (Å²) in [6.45, 7) is 4.60. The van der Waals surface area contributed by atoms with E-state index < -0.39 is 9.85 Å². The van der Waals surface area contributed by atoms with Crippen molar-refractivity contribution >= 4 is 11.4 Å². The van der Waals surface area contributed by atoms with Gasteiger partial charge in [-0.2, -0.15) is 0 Å². The fourth-order valence-corrected chi connectivity index (χ4v) is 1.47. The summed E-state index contributed by atoms with van der Waals surface area (Å²) in [4.78, 5) is 20.2. The van der Waals surface area contributed by atoms with Gasteiger partial charge in [0.2, 0.25) is 0 Å². The Morgan fingerprint density at radius 2 is 1.53 bits per heavy atom. The van der Waals surface area contributed by atoms with Gasteiger partial charge in [0.1, 0.15) is 5.56 Å². The van der Waals surface area contributed by atoms with Crippen molar-refractivity contribution in [3.8, 4) is 0 Å². The Morgan fingerprint density at radius 3 is 1.93 bits per heavy atom. The van der Waals surface area contributed by atoms with E-state index in [9.17, 15) is 20.2 Å². The number of hydrogen-bond donors (Lipinski definition) is 0. The van der Waals surface area contributed by atoms with E-state index in [4.69, 9.17) is 0 Å². The molecule has 15 heavy (non-hydrogen) atoms. The van der Waals surface area contributed by atoms with E-state index in [1.54, 1.807) is 13.8 Å². The quantitative estimate of drug-likeness (QED) is 0.554. The third-order valence-corrected chi connectivity index (χ3v) is 2.42. The highest BCUT2D eigenvalue weighted by Gasteiger charge is 2.25. The molecule has 0 heterocycles. The molecule has 0 aromatic heterocycles. The number of nitro benzene ring substituents is 2. The number of benzene rings is 1. The third kappa shape index (κ3) is 1.78. The highest BCUT2D eigenvalue weighted by atomic mass is 16.6. The highest BCUT2D eigenvalue weighted by Crippen LogP contribution is 2.32. The minimum Gasteiger partial charge on any atom is -0.258 e. The minimum atomic E-state index is -0.602. The number of nitrogens with zero attached hydrogens (tertiary/aromatic N) is 2. The number of nitro groups is 2. The summed E-state index contributed by atoms with van der Waals surface area (Å²) in [6, 6.07) is 1.36. The van der Waals surface area contributed by atoms with Crippen LogP contribution in [0.2, 0.25) is 0 Å². The van der Waals surface area contributed by atoms with Gasteiger partial charge in [-0.25, -0.2) is 0 Å². The second kappa shape index (κ2) is 3.64. The van der Waals surface area contributed by atoms with Gasteiger partial charge >= 0.3 is 0 Å². The van der Waals surface area contributed by atoms with Gasteiger partial charge in [-0.15, -0.1) is 0 Å². The maximum Gasteiger partial charge on any atom is 0.282 e. The molecule has 0 aliphatic heterocycles. The molecule has 1 aromatic carbocycles. The van der Waals surface area contributed by atoms with Crippen LogP contribution >= 0.6 is 0 Å². The van der Waals surface area contributed by atoms with Gasteiger partial charge in [0.05, 0.1) is 9.85 Å². The van der Waals surface area contributed by atoms with Crippen LogP contribution < -0.4 is 0 Å². The molecular formula is C9H10N2O4. The van der Waals surface area contributed by atoms with Gasteiger partial charge in [0, 0.05) is 11.6 Å². The molecule has 0 aliphatic rings. The second-order valence-corrected chi connectivity index (χ2v) is 3.33. The van der Waals surface area contributed by atoms with Crippen molar-refractivity contribution in [3.63, 3.8) is 0 Å². The lowest BCUT2D eigenvalue weighted by atomic mass is 10.0. The molecule has 6 nitrogen and oxygen atoms in total. The normalized spacial score (nSPS) is 10.1. The summed E-state index contributed by atoms with van der Waals surface area (Å²) < 4.78 is 0. The van der Waals surface area contributed by atoms with Gasteiger partial charge in [0.25, 0.3) is 11.4 Å². The van der Waals surface area contributed by atoms with Crippen molar-refractivity contribution in [2.45, 2.75) is 20.8 Å². The summed E-state index contributed by atoms with van der Waals surface area (Å²) in [7, 11) is 0. The summed E-state index contributed by atoms with van der Waals surface area (Å²) in [5.41, 5.74) is 0.765. The average Bonchev–Trinajstić information content (AvgIpc) is 2.10. The standard InChI is InChI=1S/C9H10N2O4/c1-5-4-8(10(12)13)7(3)9(6(5)2)11(14)15/h4H,1-3H3. The second-order valence-electron chi connectivity index (χ2n) is 3.33. The van der Waals surface area contributed by atoms with Crippen molar-refractivity contribution in [2.75, 3.05) is 0 Å². The van der Waals surface area contributed by atoms with Crippen molar-refractivity contribution in [1.29, 1.82) is 0 Å². The molecule has 0 unspecified atom stereocenters. The van der Waals surface area contributed by atoms with E-state index in [1.807, 2.05) is 0 Å². The largest absolute Gasteiger partial charge is 0.282 e. The first kappa shape index (κ1) is 11.1. The van der Waals surface area contributed by atoms with E-state index >= 15 is 0 Å². The Balaban J connectivity index is 3.63. The molecule has 0 amide bonds. The maximum absolute atomic E-state index is 10.8. The van der Waals surface area contributed by atoms with Gasteiger partial charge in [-0.1, -0.05) is 0 Å². The van der Waals surface area contributed by atoms with Crippen molar-refractivity contribution in [2.24, 2.45) is 0 Å². The fraction of sp³-hybridized carbons (Fsp3) is 0.333. The molecular weight excluding hydrogens is 200 g/mol. The van der Waals surface area contributed by atoms with Crippen molar-refractivity contribution < 1.29 is 9.85 Å². The first-order chi connectivity index (χ1) is 6.86. The molecule has 1 rings (SSSR count). The van der Waals surface area contributed by atoms with Gasteiger partial charge in [-0.05, 0) is 26.3 Å². The van der Waals surface area contributed by atoms with Crippen LogP contribution in [-0.2, 0) is 0 Å². The lowest BCUT2D eigenvalue weighted by Gasteiger charge is -2.05. The molecule has 0 radical (unpaired) electrons. The molecule has 0 N–H and O–H groups in total. The number of aryl methyl sites for hydroxylation is 1. The Morgan fingerprint density at radius 1 is 1.00 bits per heavy atom. The summed E-state index contributed by atoms with van der Waals surface area (Å²) in [5.74, 6) is 0. The summed E-state index contributed by atoms with van der Waals surface area (Å²) in [6.07, 6.45) is 0. The monoisotopic (exact) mass is 210 g/mol. The predicted molar refractivity (Wildman–Crippen MR) is 54.0 cm³/mol. The first-order valence-corrected chi connectivity index (χ1v) is 4.25. The third-order valence-electron chi connectivity index (χ3n) is 2.42. The summed E-state index contributed by atoms with van der Waals surface area (Å²) >= 11 is 0. The Kier molecular flexibility index (Phi) is 2.69. The topological polar surface area (TPSA) is 86.3 Å². The molecule has 80 valence electrons. The van der Waals surface area contributed by atoms with Crippen LogP contribution in [0.4, 0.5) is 11.4 Å². The molecule has 0 fully saturated rings. The number of hydrogen-bond acceptors (Lipinski definition) is 4. The molecule has 0 spiro atoms. The summed E-state index contributed by atoms with van der Waals surface area (Å²) in [5, 5.41) is 21.4. The van der Waals surface area contributed by atoms with Crippen LogP contribution in [0.15, 0.2) is 6.07 Å². The first-order valence-electron chi connectivity index (χ1n) is 4.25. The van der Waals surface area contributed by atoms with E-state index in [2.05, 4.69) is 0 Å². The Bertz CT molecular complexity index is 454. The predicted octanol–water partition coefficient (Wildman–Crippen LogP) is 2.43. The van der Waals surface area contributed by atoms with Gasteiger partial charge in [-0.3, -0.25) is 20.2 Å². The Labute approximate surface area is 85.8 Å². The zero-order valence-electron chi connectivity index (χ0n) is 8.60. The molecule has 0 aliphatic carbocycles. The van der Waals surface area contributed by atoms with Crippen LogP contribution in [0.5, 0.6) is 0 Å². The molecule has 0 atom stereocenters. The minimum absolute atomic E-state index is 0.105. The van der Waals surface area contributed by atoms with Crippen molar-refractivity contribution in [3.05, 3.63) is 43.0 Å². The van der Waals surface area contributed by atoms with Crippen LogP contribution in [0.1, 0.15) is 16.7 Å². The van der Waals surface area contributed by atoms with Crippen molar-refractivity contribution in [1.82, 2.24) is 0 Å². The van der Waals surface area contributed by atoms with E-state index in [1.165, 1.54) is 13.0 Å². The highest BCUT2D eigenvalue weighted by molar-refractivity contribution is 5.60. The zero-order valence-corrected chi connectivity index (χ0v) is 8.60. The van der Waals surface area contributed by atoms with Crippen LogP contribution in [-0.4, -0.2) is 9.85 Å². The van der Waals surface area contributed by atoms with E-state index in [0.29, 0.717) is 11.1 Å². The lowest BCUT2D eigenvalue weighted by Crippen LogP contribution is -2.01. The fourth-order valence-electron chi connectivity index (χ4n) is 1.47. The molecule has 6 heteroatoms. The molecule has 0 saturated carbocycles. The average molecular weight is 210 g/mol. The SMILES string of the molecule is Cc1cc([N+](=O)[O-])c(C)c([N+](=O)[O-])c1C. The molecule has 1 aromatic rings. The molecule has 0 saturated heterocycles. The van der Waals surface area contributed by atoms with E-state index in [0.717, 1.165) is 0 Å². The molecule has 0 bridgehead atoms. The Hall–Kier alpha value is -1.98. The maximum atomic E-state index is 10.8. The van der Waals surface area contributed by atoms with Crippen LogP contribution in [0.25, 0.3) is 0 Å². The van der Waals surface area contributed by atoms with Crippen LogP contribution in [0.3, 0.4) is 0 Å². The van der Waals surface area contributed by atoms with Gasteiger partial charge in [0.15, 0.2) is 0 Å².